The Balaban J connectivity index is 0.000000785. The molecular weight excluding hydrogens is 641 g/mol. The maximum absolute atomic E-state index is 6.88. The average Bonchev–Trinajstić information content (AvgIpc) is 3.66. The summed E-state index contributed by atoms with van der Waals surface area (Å²) in [5.74, 6) is 0. The molecule has 0 N–H and O–H groups in total. The van der Waals surface area contributed by atoms with Crippen LogP contribution in [-0.2, 0) is 35.4 Å². The van der Waals surface area contributed by atoms with Crippen molar-refractivity contribution < 1.29 is 35.4 Å². The molecule has 4 aliphatic rings. The molecule has 2 aromatic rings. The summed E-state index contributed by atoms with van der Waals surface area (Å²) in [5, 5.41) is 0. The van der Waals surface area contributed by atoms with Crippen LogP contribution in [0.3, 0.4) is 0 Å². The molecule has 0 aromatic heterocycles. The minimum Gasteiger partial charge on any atom is -0.400 e. The summed E-state index contributed by atoms with van der Waals surface area (Å²) in [5.41, 5.74) is 5.70. The fourth-order valence-electron chi connectivity index (χ4n) is 6.30. The van der Waals surface area contributed by atoms with Gasteiger partial charge in [-0.25, -0.2) is 0 Å². The SMILES string of the molecule is CC1(C)OB(C2=C(c3ccccc3)C(B3OC(C)(C)C(C)(C)O3)=C(c3ccccc3)[C@H]([Si](C)(C)C)C2)OC1(C)C.[CH3-].[CH]1C=CC=C1.[Co]. The zero-order valence-electron chi connectivity index (χ0n) is 30.6. The van der Waals surface area contributed by atoms with Crippen LogP contribution < -0.4 is 0 Å². The van der Waals surface area contributed by atoms with Gasteiger partial charge >= 0.3 is 14.2 Å². The quantitative estimate of drug-likeness (QED) is 0.231. The van der Waals surface area contributed by atoms with Gasteiger partial charge in [0.15, 0.2) is 0 Å². The summed E-state index contributed by atoms with van der Waals surface area (Å²) in [7, 11) is -2.75. The van der Waals surface area contributed by atoms with Crippen molar-refractivity contribution in [2.75, 3.05) is 0 Å². The van der Waals surface area contributed by atoms with E-state index < -0.39 is 44.7 Å². The monoisotopic (exact) mass is 695 g/mol. The molecule has 254 valence electrons. The molecule has 0 unspecified atom stereocenters. The molecule has 0 saturated carbocycles. The van der Waals surface area contributed by atoms with Crippen molar-refractivity contribution in [1.29, 1.82) is 0 Å². The predicted molar refractivity (Wildman–Crippen MR) is 200 cm³/mol. The Labute approximate surface area is 298 Å². The van der Waals surface area contributed by atoms with Crippen molar-refractivity contribution >= 4 is 33.5 Å². The van der Waals surface area contributed by atoms with Gasteiger partial charge < -0.3 is 26.0 Å². The van der Waals surface area contributed by atoms with Crippen molar-refractivity contribution in [3.63, 3.8) is 0 Å². The van der Waals surface area contributed by atoms with Crippen LogP contribution in [0.1, 0.15) is 72.9 Å². The van der Waals surface area contributed by atoms with Gasteiger partial charge in [-0.15, -0.1) is 0 Å². The van der Waals surface area contributed by atoms with Gasteiger partial charge in [-0.1, -0.05) is 105 Å². The molecule has 4 nitrogen and oxygen atoms in total. The summed E-state index contributed by atoms with van der Waals surface area (Å²) < 4.78 is 27.3. The van der Waals surface area contributed by atoms with E-state index in [4.69, 9.17) is 18.6 Å². The molecule has 2 heterocycles. The van der Waals surface area contributed by atoms with Crippen molar-refractivity contribution in [2.24, 2.45) is 0 Å². The first-order valence-electron chi connectivity index (χ1n) is 16.4. The van der Waals surface area contributed by atoms with Gasteiger partial charge in [0.05, 0.1) is 30.5 Å². The summed E-state index contributed by atoms with van der Waals surface area (Å²) in [6.45, 7) is 24.5. The van der Waals surface area contributed by atoms with Crippen molar-refractivity contribution in [3.05, 3.63) is 121 Å². The normalized spacial score (nSPS) is 23.7. The Bertz CT molecular complexity index is 1460. The Morgan fingerprint density at radius 3 is 1.38 bits per heavy atom. The number of allylic oxidation sites excluding steroid dienone is 8. The predicted octanol–water partition coefficient (Wildman–Crippen LogP) is 10.0. The maximum atomic E-state index is 6.88. The third-order valence-electron chi connectivity index (χ3n) is 10.4. The fourth-order valence-corrected chi connectivity index (χ4v) is 8.33. The van der Waals surface area contributed by atoms with E-state index in [1.807, 2.05) is 30.7 Å². The minimum atomic E-state index is -1.78. The van der Waals surface area contributed by atoms with E-state index in [1.54, 1.807) is 0 Å². The molecule has 2 fully saturated rings. The Hall–Kier alpha value is -1.91. The Morgan fingerprint density at radius 1 is 0.596 bits per heavy atom. The van der Waals surface area contributed by atoms with Gasteiger partial charge in [0.25, 0.3) is 0 Å². The van der Waals surface area contributed by atoms with Gasteiger partial charge in [-0.05, 0) is 101 Å². The van der Waals surface area contributed by atoms with Crippen molar-refractivity contribution in [2.45, 2.75) is 109 Å². The number of benzene rings is 2. The van der Waals surface area contributed by atoms with Gasteiger partial charge in [-0.3, -0.25) is 0 Å². The maximum Gasteiger partial charge on any atom is 0.495 e. The summed E-state index contributed by atoms with van der Waals surface area (Å²) in [6, 6.07) is 21.6. The molecule has 1 atom stereocenters. The molecule has 2 radical (unpaired) electrons. The Kier molecular flexibility index (Phi) is 12.2. The third kappa shape index (κ3) is 7.96. The van der Waals surface area contributed by atoms with Crippen LogP contribution in [0.2, 0.25) is 25.2 Å². The molecule has 0 amide bonds. The second-order valence-corrected chi connectivity index (χ2v) is 21.2. The van der Waals surface area contributed by atoms with Crippen LogP contribution >= 0.6 is 0 Å². The molecule has 8 heteroatoms. The zero-order chi connectivity index (χ0) is 32.8. The molecule has 2 aliphatic carbocycles. The molecular formula is C39H54B2CoO4Si-. The van der Waals surface area contributed by atoms with Crippen LogP contribution in [0.4, 0.5) is 0 Å². The van der Waals surface area contributed by atoms with E-state index in [9.17, 15) is 0 Å². The second kappa shape index (κ2) is 14.5. The molecule has 0 bridgehead atoms. The van der Waals surface area contributed by atoms with Crippen molar-refractivity contribution in [3.8, 4) is 0 Å². The molecule has 2 aliphatic heterocycles. The van der Waals surface area contributed by atoms with Crippen LogP contribution in [0.25, 0.3) is 11.1 Å². The number of hydrogen-bond acceptors (Lipinski definition) is 4. The van der Waals surface area contributed by atoms with Gasteiger partial charge in [0.2, 0.25) is 0 Å². The van der Waals surface area contributed by atoms with Crippen LogP contribution in [0.15, 0.2) is 95.9 Å². The van der Waals surface area contributed by atoms with E-state index >= 15 is 0 Å². The topological polar surface area (TPSA) is 36.9 Å². The van der Waals surface area contributed by atoms with Crippen LogP contribution in [0.5, 0.6) is 0 Å². The first-order chi connectivity index (χ1) is 21.0. The van der Waals surface area contributed by atoms with Crippen LogP contribution in [0, 0.1) is 13.8 Å². The average molecular weight is 696 g/mol. The molecule has 2 aromatic carbocycles. The third-order valence-corrected chi connectivity index (χ3v) is 13.0. The zero-order valence-corrected chi connectivity index (χ0v) is 32.6. The van der Waals surface area contributed by atoms with E-state index in [1.165, 1.54) is 16.6 Å². The first kappa shape index (κ1) is 39.5. The Morgan fingerprint density at radius 2 is 1.00 bits per heavy atom. The van der Waals surface area contributed by atoms with Crippen LogP contribution in [-0.4, -0.2) is 44.7 Å². The smallest absolute Gasteiger partial charge is 0.400 e. The summed E-state index contributed by atoms with van der Waals surface area (Å²) >= 11 is 0. The molecule has 2 saturated heterocycles. The first-order valence-corrected chi connectivity index (χ1v) is 20.0. The molecule has 0 spiro atoms. The fraction of sp³-hybridized carbons (Fsp3) is 0.436. The largest absolute Gasteiger partial charge is 0.495 e. The van der Waals surface area contributed by atoms with E-state index in [-0.39, 0.29) is 24.2 Å². The van der Waals surface area contributed by atoms with E-state index in [0.717, 1.165) is 23.0 Å². The standard InChI is InChI=1S/C33H46B2O4Si.C5H5.CH3.Co/c1-30(2)31(3,4)37-34(36-30)25-22-26(40(9,10)11)28(24-20-16-13-17-21-24)29(27(25)23-18-14-12-15-19-23)35-38-32(5,6)33(7,8)39-35;1-2-4-5-3-1;;/h12-21,26H,22H2,1-11H3;1-5H;1H3;/q;;-1;/t26-;;;/m1.../s1. The van der Waals surface area contributed by atoms with Gasteiger partial charge in [0.1, 0.15) is 0 Å². The molecule has 47 heavy (non-hydrogen) atoms. The van der Waals surface area contributed by atoms with E-state index in [2.05, 4.69) is 136 Å². The van der Waals surface area contributed by atoms with Crippen molar-refractivity contribution in [1.82, 2.24) is 0 Å². The minimum absolute atomic E-state index is 0. The summed E-state index contributed by atoms with van der Waals surface area (Å²) in [4.78, 5) is 0. The van der Waals surface area contributed by atoms with E-state index in [0.29, 0.717) is 5.54 Å². The number of hydrogen-bond donors (Lipinski definition) is 0. The summed E-state index contributed by atoms with van der Waals surface area (Å²) in [6.07, 6.45) is 10.9. The second-order valence-electron chi connectivity index (χ2n) is 15.7. The number of rotatable bonds is 5. The van der Waals surface area contributed by atoms with Gasteiger partial charge in [-0.2, -0.15) is 0 Å². The molecule has 6 rings (SSSR count). The van der Waals surface area contributed by atoms with Gasteiger partial charge in [0, 0.05) is 23.2 Å².